The van der Waals surface area contributed by atoms with Gasteiger partial charge in [0.1, 0.15) is 0 Å². The average Bonchev–Trinajstić information content (AvgIpc) is 2.60. The fourth-order valence-electron chi connectivity index (χ4n) is 2.42. The van der Waals surface area contributed by atoms with Gasteiger partial charge in [-0.3, -0.25) is 4.79 Å². The molecule has 26 heavy (non-hydrogen) atoms. The molecule has 2 rings (SSSR count). The molecule has 0 aliphatic rings. The molecule has 0 saturated heterocycles. The van der Waals surface area contributed by atoms with Gasteiger partial charge in [0.15, 0.2) is 0 Å². The fraction of sp³-hybridized carbons (Fsp3) is 0.300. The zero-order chi connectivity index (χ0) is 18.9. The van der Waals surface area contributed by atoms with Crippen LogP contribution in [0.3, 0.4) is 0 Å². The van der Waals surface area contributed by atoms with Gasteiger partial charge in [-0.1, -0.05) is 31.2 Å². The predicted octanol–water partition coefficient (Wildman–Crippen LogP) is 3.58. The normalized spacial score (nSPS) is 10.5. The Labute approximate surface area is 154 Å². The standard InChI is InChI=1S/C20H26N4O2/c1-4-21-13-16-8-5-6-11-18(16)24-19(25)15-9-7-10-17(12-15)23-20(26)22-14(2)3/h5-12,14,21H,4,13H2,1-3H3,(H,24,25)(H2,22,23,26). The third-order valence-corrected chi connectivity index (χ3v) is 3.63. The van der Waals surface area contributed by atoms with Crippen molar-refractivity contribution in [2.75, 3.05) is 17.2 Å². The van der Waals surface area contributed by atoms with Crippen molar-refractivity contribution in [3.63, 3.8) is 0 Å². The van der Waals surface area contributed by atoms with Gasteiger partial charge in [-0.25, -0.2) is 4.79 Å². The van der Waals surface area contributed by atoms with E-state index in [0.29, 0.717) is 17.8 Å². The first-order valence-electron chi connectivity index (χ1n) is 8.77. The smallest absolute Gasteiger partial charge is 0.319 e. The predicted molar refractivity (Wildman–Crippen MR) is 106 cm³/mol. The number of hydrogen-bond donors (Lipinski definition) is 4. The third-order valence-electron chi connectivity index (χ3n) is 3.63. The van der Waals surface area contributed by atoms with Gasteiger partial charge in [-0.05, 0) is 50.2 Å². The molecule has 3 amide bonds. The molecule has 138 valence electrons. The van der Waals surface area contributed by atoms with E-state index in [4.69, 9.17) is 0 Å². The molecular weight excluding hydrogens is 328 g/mol. The summed E-state index contributed by atoms with van der Waals surface area (Å²) < 4.78 is 0. The van der Waals surface area contributed by atoms with E-state index in [-0.39, 0.29) is 18.0 Å². The fourth-order valence-corrected chi connectivity index (χ4v) is 2.42. The van der Waals surface area contributed by atoms with Crippen molar-refractivity contribution < 1.29 is 9.59 Å². The summed E-state index contributed by atoms with van der Waals surface area (Å²) in [6.45, 7) is 7.34. The molecule has 0 saturated carbocycles. The number of rotatable bonds is 7. The topological polar surface area (TPSA) is 82.3 Å². The van der Waals surface area contributed by atoms with Crippen LogP contribution in [0.5, 0.6) is 0 Å². The lowest BCUT2D eigenvalue weighted by Crippen LogP contribution is -2.34. The van der Waals surface area contributed by atoms with E-state index in [0.717, 1.165) is 17.8 Å². The Morgan fingerprint density at radius 1 is 1.00 bits per heavy atom. The van der Waals surface area contributed by atoms with E-state index in [2.05, 4.69) is 21.3 Å². The van der Waals surface area contributed by atoms with Gasteiger partial charge in [0.05, 0.1) is 0 Å². The SMILES string of the molecule is CCNCc1ccccc1NC(=O)c1cccc(NC(=O)NC(C)C)c1. The molecule has 0 aliphatic heterocycles. The highest BCUT2D eigenvalue weighted by molar-refractivity contribution is 6.05. The van der Waals surface area contributed by atoms with Crippen molar-refractivity contribution >= 4 is 23.3 Å². The number of carbonyl (C=O) groups is 2. The zero-order valence-electron chi connectivity index (χ0n) is 15.4. The van der Waals surface area contributed by atoms with Crippen molar-refractivity contribution in [1.82, 2.24) is 10.6 Å². The average molecular weight is 354 g/mol. The first-order valence-corrected chi connectivity index (χ1v) is 8.77. The zero-order valence-corrected chi connectivity index (χ0v) is 15.4. The first-order chi connectivity index (χ1) is 12.5. The van der Waals surface area contributed by atoms with Crippen LogP contribution in [0.1, 0.15) is 36.7 Å². The minimum atomic E-state index is -0.298. The van der Waals surface area contributed by atoms with E-state index < -0.39 is 0 Å². The van der Waals surface area contributed by atoms with Crippen molar-refractivity contribution in [3.8, 4) is 0 Å². The molecule has 6 heteroatoms. The van der Waals surface area contributed by atoms with Gasteiger partial charge in [0.2, 0.25) is 0 Å². The lowest BCUT2D eigenvalue weighted by molar-refractivity contribution is 0.102. The van der Waals surface area contributed by atoms with Gasteiger partial charge in [0.25, 0.3) is 5.91 Å². The maximum atomic E-state index is 12.6. The summed E-state index contributed by atoms with van der Waals surface area (Å²) in [5.74, 6) is -0.220. The maximum Gasteiger partial charge on any atom is 0.319 e. The van der Waals surface area contributed by atoms with Gasteiger partial charge in [-0.15, -0.1) is 0 Å². The highest BCUT2D eigenvalue weighted by Gasteiger charge is 2.10. The summed E-state index contributed by atoms with van der Waals surface area (Å²) in [7, 11) is 0. The second-order valence-electron chi connectivity index (χ2n) is 6.23. The number of nitrogens with one attached hydrogen (secondary N) is 4. The molecule has 0 aromatic heterocycles. The molecule has 0 heterocycles. The van der Waals surface area contributed by atoms with Crippen LogP contribution in [0, 0.1) is 0 Å². The molecule has 6 nitrogen and oxygen atoms in total. The van der Waals surface area contributed by atoms with E-state index >= 15 is 0 Å². The molecule has 0 fully saturated rings. The number of hydrogen-bond acceptors (Lipinski definition) is 3. The van der Waals surface area contributed by atoms with Gasteiger partial charge < -0.3 is 21.3 Å². The van der Waals surface area contributed by atoms with E-state index in [9.17, 15) is 9.59 Å². The summed E-state index contributed by atoms with van der Waals surface area (Å²) in [5.41, 5.74) is 2.84. The third kappa shape index (κ3) is 5.89. The Hall–Kier alpha value is -2.86. The molecular formula is C20H26N4O2. The molecule has 0 unspecified atom stereocenters. The van der Waals surface area contributed by atoms with Gasteiger partial charge in [0, 0.05) is 29.5 Å². The second-order valence-corrected chi connectivity index (χ2v) is 6.23. The highest BCUT2D eigenvalue weighted by atomic mass is 16.2. The number of amides is 3. The minimum absolute atomic E-state index is 0.0368. The summed E-state index contributed by atoms with van der Waals surface area (Å²) in [6.07, 6.45) is 0. The van der Waals surface area contributed by atoms with Crippen LogP contribution in [-0.2, 0) is 6.54 Å². The Morgan fingerprint density at radius 3 is 2.50 bits per heavy atom. The van der Waals surface area contributed by atoms with E-state index in [1.165, 1.54) is 0 Å². The maximum absolute atomic E-state index is 12.6. The van der Waals surface area contributed by atoms with Crippen LogP contribution >= 0.6 is 0 Å². The number of para-hydroxylation sites is 1. The van der Waals surface area contributed by atoms with Crippen LogP contribution in [0.4, 0.5) is 16.2 Å². The largest absolute Gasteiger partial charge is 0.336 e. The van der Waals surface area contributed by atoms with E-state index in [1.54, 1.807) is 24.3 Å². The Balaban J connectivity index is 2.08. The second kappa shape index (κ2) is 9.58. The van der Waals surface area contributed by atoms with Crippen LogP contribution in [-0.4, -0.2) is 24.5 Å². The number of carbonyl (C=O) groups excluding carboxylic acids is 2. The first kappa shape index (κ1) is 19.5. The van der Waals surface area contributed by atoms with E-state index in [1.807, 2.05) is 45.0 Å². The summed E-state index contributed by atoms with van der Waals surface area (Å²) >= 11 is 0. The minimum Gasteiger partial charge on any atom is -0.336 e. The molecule has 0 bridgehead atoms. The molecule has 0 spiro atoms. The Bertz CT molecular complexity index is 759. The van der Waals surface area contributed by atoms with Crippen molar-refractivity contribution in [2.45, 2.75) is 33.4 Å². The summed E-state index contributed by atoms with van der Waals surface area (Å²) in [4.78, 5) is 24.4. The monoisotopic (exact) mass is 354 g/mol. The Kier molecular flexibility index (Phi) is 7.17. The molecule has 0 atom stereocenters. The molecule has 4 N–H and O–H groups in total. The number of urea groups is 1. The van der Waals surface area contributed by atoms with Crippen LogP contribution in [0.15, 0.2) is 48.5 Å². The number of benzene rings is 2. The lowest BCUT2D eigenvalue weighted by Gasteiger charge is -2.13. The number of anilines is 2. The molecule has 0 radical (unpaired) electrons. The van der Waals surface area contributed by atoms with Crippen LogP contribution < -0.4 is 21.3 Å². The molecule has 2 aromatic rings. The van der Waals surface area contributed by atoms with Crippen LogP contribution in [0.2, 0.25) is 0 Å². The highest BCUT2D eigenvalue weighted by Crippen LogP contribution is 2.17. The summed E-state index contributed by atoms with van der Waals surface area (Å²) in [6, 6.07) is 14.3. The molecule has 0 aliphatic carbocycles. The van der Waals surface area contributed by atoms with Gasteiger partial charge in [-0.2, -0.15) is 0 Å². The van der Waals surface area contributed by atoms with Crippen molar-refractivity contribution in [3.05, 3.63) is 59.7 Å². The Morgan fingerprint density at radius 2 is 1.77 bits per heavy atom. The van der Waals surface area contributed by atoms with Crippen molar-refractivity contribution in [2.24, 2.45) is 0 Å². The quantitative estimate of drug-likeness (QED) is 0.613. The van der Waals surface area contributed by atoms with Crippen molar-refractivity contribution in [1.29, 1.82) is 0 Å². The van der Waals surface area contributed by atoms with Crippen LogP contribution in [0.25, 0.3) is 0 Å². The lowest BCUT2D eigenvalue weighted by atomic mass is 10.1. The molecule has 2 aromatic carbocycles. The summed E-state index contributed by atoms with van der Waals surface area (Å²) in [5, 5.41) is 11.7. The van der Waals surface area contributed by atoms with Gasteiger partial charge >= 0.3 is 6.03 Å².